The van der Waals surface area contributed by atoms with Crippen LogP contribution >= 0.6 is 0 Å². The number of nitrogens with zero attached hydrogens (tertiary/aromatic N) is 2. The molecule has 1 aromatic heterocycles. The standard InChI is InChI=1S/C14H17FN4O/c1-9-12(16)13(19(2)18-9)14(20)17-8-7-10-3-5-11(15)6-4-10/h3-6H,7-8,16H2,1-2H3,(H,17,20). The van der Waals surface area contributed by atoms with Crippen LogP contribution in [0.15, 0.2) is 24.3 Å². The molecule has 0 fully saturated rings. The number of nitrogens with two attached hydrogens (primary N) is 1. The summed E-state index contributed by atoms with van der Waals surface area (Å²) < 4.78 is 14.2. The number of hydrogen-bond acceptors (Lipinski definition) is 3. The van der Waals surface area contributed by atoms with E-state index in [2.05, 4.69) is 10.4 Å². The van der Waals surface area contributed by atoms with Gasteiger partial charge in [-0.3, -0.25) is 9.48 Å². The van der Waals surface area contributed by atoms with Gasteiger partial charge in [-0.15, -0.1) is 0 Å². The molecule has 0 aliphatic heterocycles. The van der Waals surface area contributed by atoms with Crippen LogP contribution in [0.1, 0.15) is 21.7 Å². The largest absolute Gasteiger partial charge is 0.395 e. The van der Waals surface area contributed by atoms with E-state index >= 15 is 0 Å². The number of aromatic nitrogens is 2. The molecule has 6 heteroatoms. The SMILES string of the molecule is Cc1nn(C)c(C(=O)NCCc2ccc(F)cc2)c1N. The van der Waals surface area contributed by atoms with Crippen molar-refractivity contribution >= 4 is 11.6 Å². The summed E-state index contributed by atoms with van der Waals surface area (Å²) in [6.07, 6.45) is 0.628. The molecule has 0 atom stereocenters. The molecule has 0 spiro atoms. The molecular weight excluding hydrogens is 259 g/mol. The molecular formula is C14H17FN4O. The van der Waals surface area contributed by atoms with Crippen molar-refractivity contribution in [2.24, 2.45) is 7.05 Å². The first-order chi connectivity index (χ1) is 9.49. The quantitative estimate of drug-likeness (QED) is 0.887. The van der Waals surface area contributed by atoms with E-state index < -0.39 is 0 Å². The Labute approximate surface area is 116 Å². The van der Waals surface area contributed by atoms with E-state index in [-0.39, 0.29) is 11.7 Å². The second kappa shape index (κ2) is 5.73. The van der Waals surface area contributed by atoms with Crippen molar-refractivity contribution in [2.75, 3.05) is 12.3 Å². The van der Waals surface area contributed by atoms with Crippen LogP contribution in [-0.2, 0) is 13.5 Å². The van der Waals surface area contributed by atoms with Crippen LogP contribution in [-0.4, -0.2) is 22.2 Å². The molecule has 0 aliphatic rings. The monoisotopic (exact) mass is 276 g/mol. The van der Waals surface area contributed by atoms with Crippen LogP contribution in [0.2, 0.25) is 0 Å². The summed E-state index contributed by atoms with van der Waals surface area (Å²) in [6, 6.07) is 6.20. The Morgan fingerprint density at radius 3 is 2.60 bits per heavy atom. The molecule has 1 amide bonds. The fourth-order valence-corrected chi connectivity index (χ4v) is 2.00. The van der Waals surface area contributed by atoms with Gasteiger partial charge in [0.1, 0.15) is 11.5 Å². The fourth-order valence-electron chi connectivity index (χ4n) is 2.00. The first-order valence-electron chi connectivity index (χ1n) is 6.30. The van der Waals surface area contributed by atoms with Gasteiger partial charge in [-0.1, -0.05) is 12.1 Å². The second-order valence-electron chi connectivity index (χ2n) is 4.60. The molecule has 106 valence electrons. The van der Waals surface area contributed by atoms with E-state index in [4.69, 9.17) is 5.73 Å². The van der Waals surface area contributed by atoms with Crippen LogP contribution < -0.4 is 11.1 Å². The number of carbonyl (C=O) groups is 1. The molecule has 0 saturated carbocycles. The molecule has 2 aromatic rings. The number of aryl methyl sites for hydroxylation is 2. The molecule has 1 aromatic carbocycles. The number of anilines is 1. The molecule has 0 radical (unpaired) electrons. The third-order valence-corrected chi connectivity index (χ3v) is 3.10. The highest BCUT2D eigenvalue weighted by Crippen LogP contribution is 2.14. The number of benzene rings is 1. The topological polar surface area (TPSA) is 72.9 Å². The summed E-state index contributed by atoms with van der Waals surface area (Å²) in [5.74, 6) is -0.524. The fraction of sp³-hybridized carbons (Fsp3) is 0.286. The zero-order chi connectivity index (χ0) is 14.7. The molecule has 5 nitrogen and oxygen atoms in total. The predicted octanol–water partition coefficient (Wildman–Crippen LogP) is 1.42. The zero-order valence-corrected chi connectivity index (χ0v) is 11.5. The Kier molecular flexibility index (Phi) is 4.02. The first kappa shape index (κ1) is 14.0. The lowest BCUT2D eigenvalue weighted by Crippen LogP contribution is -2.28. The van der Waals surface area contributed by atoms with Crippen molar-refractivity contribution < 1.29 is 9.18 Å². The van der Waals surface area contributed by atoms with Crippen molar-refractivity contribution in [1.29, 1.82) is 0 Å². The molecule has 3 N–H and O–H groups in total. The van der Waals surface area contributed by atoms with Gasteiger partial charge >= 0.3 is 0 Å². The summed E-state index contributed by atoms with van der Waals surface area (Å²) in [5, 5.41) is 6.88. The number of rotatable bonds is 4. The molecule has 0 unspecified atom stereocenters. The lowest BCUT2D eigenvalue weighted by Gasteiger charge is -2.06. The highest BCUT2D eigenvalue weighted by molar-refractivity contribution is 5.97. The van der Waals surface area contributed by atoms with Gasteiger partial charge in [0.25, 0.3) is 5.91 Å². The van der Waals surface area contributed by atoms with E-state index in [0.717, 1.165) is 5.56 Å². The van der Waals surface area contributed by atoms with Gasteiger partial charge in [-0.25, -0.2) is 4.39 Å². The molecule has 0 saturated heterocycles. The van der Waals surface area contributed by atoms with E-state index in [1.54, 1.807) is 26.1 Å². The summed E-state index contributed by atoms with van der Waals surface area (Å²) in [7, 11) is 1.68. The summed E-state index contributed by atoms with van der Waals surface area (Å²) in [5.41, 5.74) is 8.17. The van der Waals surface area contributed by atoms with Gasteiger partial charge in [-0.05, 0) is 31.0 Å². The highest BCUT2D eigenvalue weighted by atomic mass is 19.1. The van der Waals surface area contributed by atoms with Crippen LogP contribution in [0.25, 0.3) is 0 Å². The molecule has 0 bridgehead atoms. The number of nitrogens with one attached hydrogen (secondary N) is 1. The third kappa shape index (κ3) is 2.96. The Hall–Kier alpha value is -2.37. The van der Waals surface area contributed by atoms with Gasteiger partial charge in [0.15, 0.2) is 0 Å². The van der Waals surface area contributed by atoms with Gasteiger partial charge in [0, 0.05) is 13.6 Å². The van der Waals surface area contributed by atoms with Crippen molar-refractivity contribution in [3.63, 3.8) is 0 Å². The zero-order valence-electron chi connectivity index (χ0n) is 11.5. The van der Waals surface area contributed by atoms with Gasteiger partial charge < -0.3 is 11.1 Å². The van der Waals surface area contributed by atoms with E-state index in [1.807, 2.05) is 0 Å². The summed E-state index contributed by atoms with van der Waals surface area (Å²) in [6.45, 7) is 2.21. The Morgan fingerprint density at radius 2 is 2.05 bits per heavy atom. The molecule has 0 aliphatic carbocycles. The van der Waals surface area contributed by atoms with Crippen molar-refractivity contribution in [1.82, 2.24) is 15.1 Å². The Bertz CT molecular complexity index is 619. The van der Waals surface area contributed by atoms with Crippen molar-refractivity contribution in [3.05, 3.63) is 47.0 Å². The Morgan fingerprint density at radius 1 is 1.40 bits per heavy atom. The minimum Gasteiger partial charge on any atom is -0.395 e. The lowest BCUT2D eigenvalue weighted by atomic mass is 10.1. The highest BCUT2D eigenvalue weighted by Gasteiger charge is 2.17. The second-order valence-corrected chi connectivity index (χ2v) is 4.60. The summed E-state index contributed by atoms with van der Waals surface area (Å²) >= 11 is 0. The number of hydrogen-bond donors (Lipinski definition) is 2. The Balaban J connectivity index is 1.94. The van der Waals surface area contributed by atoms with E-state index in [1.165, 1.54) is 16.8 Å². The number of amides is 1. The summed E-state index contributed by atoms with van der Waals surface area (Å²) in [4.78, 5) is 12.0. The van der Waals surface area contributed by atoms with E-state index in [0.29, 0.717) is 30.0 Å². The maximum atomic E-state index is 12.8. The van der Waals surface area contributed by atoms with Gasteiger partial charge in [0.05, 0.1) is 11.4 Å². The number of halogens is 1. The molecule has 2 rings (SSSR count). The lowest BCUT2D eigenvalue weighted by molar-refractivity contribution is 0.0945. The number of nitrogen functional groups attached to an aromatic ring is 1. The van der Waals surface area contributed by atoms with Crippen LogP contribution in [0, 0.1) is 12.7 Å². The average molecular weight is 276 g/mol. The number of carbonyl (C=O) groups excluding carboxylic acids is 1. The normalized spacial score (nSPS) is 10.6. The predicted molar refractivity (Wildman–Crippen MR) is 74.8 cm³/mol. The maximum Gasteiger partial charge on any atom is 0.271 e. The van der Waals surface area contributed by atoms with Gasteiger partial charge in [0.2, 0.25) is 0 Å². The van der Waals surface area contributed by atoms with E-state index in [9.17, 15) is 9.18 Å². The molecule has 20 heavy (non-hydrogen) atoms. The first-order valence-corrected chi connectivity index (χ1v) is 6.30. The molecule has 1 heterocycles. The smallest absolute Gasteiger partial charge is 0.271 e. The van der Waals surface area contributed by atoms with Crippen molar-refractivity contribution in [2.45, 2.75) is 13.3 Å². The van der Waals surface area contributed by atoms with Gasteiger partial charge in [-0.2, -0.15) is 5.10 Å². The van der Waals surface area contributed by atoms with Crippen LogP contribution in [0.4, 0.5) is 10.1 Å². The third-order valence-electron chi connectivity index (χ3n) is 3.10. The average Bonchev–Trinajstić information content (AvgIpc) is 2.65. The minimum absolute atomic E-state index is 0.257. The maximum absolute atomic E-state index is 12.8. The minimum atomic E-state index is -0.268. The van der Waals surface area contributed by atoms with Crippen LogP contribution in [0.3, 0.4) is 0 Å². The van der Waals surface area contributed by atoms with Crippen LogP contribution in [0.5, 0.6) is 0 Å². The van der Waals surface area contributed by atoms with Crippen molar-refractivity contribution in [3.8, 4) is 0 Å².